The Balaban J connectivity index is 1.56. The summed E-state index contributed by atoms with van der Waals surface area (Å²) < 4.78 is 0. The number of hydrogen-bond donors (Lipinski definition) is 3. The number of aliphatic hydroxyl groups is 3. The zero-order chi connectivity index (χ0) is 22.6. The average molecular weight is 434 g/mol. The molecule has 4 saturated carbocycles. The summed E-state index contributed by atoms with van der Waals surface area (Å²) in [5.41, 5.74) is 8.28. The smallest absolute Gasteiger partial charge is 0.218 e. The minimum atomic E-state index is -0.420. The molecule has 7 heteroatoms. The Morgan fingerprint density at radius 3 is 2.58 bits per heavy atom. The van der Waals surface area contributed by atoms with Gasteiger partial charge in [0, 0.05) is 11.3 Å². The molecule has 174 valence electrons. The number of nitrogens with zero attached hydrogens (tertiary/aromatic N) is 3. The lowest BCUT2D eigenvalue weighted by Crippen LogP contribution is -2.62. The standard InChI is InChI=1S/C24H39N3O4/c1-13(4-7-21(31)26-27-25)16-5-6-17-22-18(12-20(30)24(16,17)3)23(2)9-8-15(28)10-14(23)11-19(22)29/h13-20,22,28-30H,4-12H2,1-3H3. The Labute approximate surface area is 185 Å². The van der Waals surface area contributed by atoms with E-state index in [0.29, 0.717) is 24.2 Å². The zero-order valence-corrected chi connectivity index (χ0v) is 19.2. The third kappa shape index (κ3) is 3.62. The van der Waals surface area contributed by atoms with Crippen molar-refractivity contribution in [3.63, 3.8) is 0 Å². The summed E-state index contributed by atoms with van der Waals surface area (Å²) in [5, 5.41) is 36.3. The Bertz CT molecular complexity index is 755. The molecule has 11 atom stereocenters. The van der Waals surface area contributed by atoms with Crippen LogP contribution in [0.5, 0.6) is 0 Å². The molecule has 7 nitrogen and oxygen atoms in total. The molecular weight excluding hydrogens is 394 g/mol. The predicted octanol–water partition coefficient (Wildman–Crippen LogP) is 4.20. The van der Waals surface area contributed by atoms with Crippen molar-refractivity contribution in [1.82, 2.24) is 0 Å². The molecule has 4 rings (SSSR count). The van der Waals surface area contributed by atoms with E-state index in [2.05, 4.69) is 30.8 Å². The van der Waals surface area contributed by atoms with Crippen molar-refractivity contribution in [2.75, 3.05) is 0 Å². The topological polar surface area (TPSA) is 127 Å². The van der Waals surface area contributed by atoms with Gasteiger partial charge in [0.25, 0.3) is 0 Å². The molecule has 3 N–H and O–H groups in total. The SMILES string of the molecule is CC(CCC(=O)N=[N+]=[N-])C1CCC2C3C(O)CC4CC(O)CCC4(C)C3CC(O)C12C. The maximum absolute atomic E-state index is 11.7. The molecule has 0 aromatic heterocycles. The van der Waals surface area contributed by atoms with Crippen molar-refractivity contribution in [3.05, 3.63) is 10.4 Å². The average Bonchev–Trinajstić information content (AvgIpc) is 3.07. The molecule has 0 aliphatic heterocycles. The molecule has 0 radical (unpaired) electrons. The second-order valence-electron chi connectivity index (χ2n) is 11.6. The van der Waals surface area contributed by atoms with E-state index in [1.54, 1.807) is 0 Å². The molecule has 0 aromatic rings. The van der Waals surface area contributed by atoms with E-state index in [-0.39, 0.29) is 47.2 Å². The van der Waals surface area contributed by atoms with Crippen LogP contribution >= 0.6 is 0 Å². The van der Waals surface area contributed by atoms with E-state index in [1.165, 1.54) is 0 Å². The quantitative estimate of drug-likeness (QED) is 0.349. The lowest BCUT2D eigenvalue weighted by Gasteiger charge is -2.63. The van der Waals surface area contributed by atoms with Crippen LogP contribution in [0.1, 0.15) is 78.6 Å². The molecule has 11 unspecified atom stereocenters. The van der Waals surface area contributed by atoms with E-state index in [4.69, 9.17) is 5.53 Å². The molecule has 0 bridgehead atoms. The molecule has 0 aromatic carbocycles. The van der Waals surface area contributed by atoms with Crippen LogP contribution in [0.15, 0.2) is 5.11 Å². The van der Waals surface area contributed by atoms with Gasteiger partial charge in [-0.3, -0.25) is 4.79 Å². The number of aliphatic hydroxyl groups excluding tert-OH is 3. The second-order valence-corrected chi connectivity index (χ2v) is 11.6. The van der Waals surface area contributed by atoms with E-state index in [9.17, 15) is 20.1 Å². The second kappa shape index (κ2) is 8.33. The van der Waals surface area contributed by atoms with E-state index >= 15 is 0 Å². The summed E-state index contributed by atoms with van der Waals surface area (Å²) >= 11 is 0. The molecule has 4 aliphatic rings. The monoisotopic (exact) mass is 433 g/mol. The Kier molecular flexibility index (Phi) is 6.19. The first-order valence-electron chi connectivity index (χ1n) is 12.2. The van der Waals surface area contributed by atoms with Crippen LogP contribution in [0, 0.1) is 46.3 Å². The zero-order valence-electron chi connectivity index (χ0n) is 19.2. The third-order valence-electron chi connectivity index (χ3n) is 10.5. The fourth-order valence-electron chi connectivity index (χ4n) is 8.78. The number of fused-ring (bicyclic) bond motifs is 5. The molecule has 0 saturated heterocycles. The fourth-order valence-corrected chi connectivity index (χ4v) is 8.78. The number of amides is 1. The number of carbonyl (C=O) groups excluding carboxylic acids is 1. The highest BCUT2D eigenvalue weighted by Crippen LogP contribution is 2.68. The normalized spacial score (nSPS) is 49.9. The van der Waals surface area contributed by atoms with Gasteiger partial charge < -0.3 is 15.3 Å². The molecule has 4 aliphatic carbocycles. The highest BCUT2D eigenvalue weighted by Gasteiger charge is 2.65. The van der Waals surface area contributed by atoms with Gasteiger partial charge in [-0.2, -0.15) is 0 Å². The van der Waals surface area contributed by atoms with Crippen LogP contribution in [0.4, 0.5) is 0 Å². The van der Waals surface area contributed by atoms with Gasteiger partial charge in [0.05, 0.1) is 18.3 Å². The van der Waals surface area contributed by atoms with Crippen molar-refractivity contribution >= 4 is 5.91 Å². The van der Waals surface area contributed by atoms with Crippen molar-refractivity contribution < 1.29 is 20.1 Å². The number of carbonyl (C=O) groups is 1. The summed E-state index contributed by atoms with van der Waals surface area (Å²) in [6, 6.07) is 0. The van der Waals surface area contributed by atoms with Crippen molar-refractivity contribution in [3.8, 4) is 0 Å². The van der Waals surface area contributed by atoms with Crippen LogP contribution in [-0.4, -0.2) is 39.5 Å². The van der Waals surface area contributed by atoms with Crippen molar-refractivity contribution in [2.45, 2.75) is 96.9 Å². The van der Waals surface area contributed by atoms with Gasteiger partial charge in [-0.1, -0.05) is 20.8 Å². The van der Waals surface area contributed by atoms with Crippen LogP contribution in [-0.2, 0) is 4.79 Å². The van der Waals surface area contributed by atoms with Crippen LogP contribution in [0.25, 0.3) is 10.4 Å². The maximum atomic E-state index is 11.7. The highest BCUT2D eigenvalue weighted by atomic mass is 16.3. The summed E-state index contributed by atoms with van der Waals surface area (Å²) in [5.74, 6) is 1.22. The summed E-state index contributed by atoms with van der Waals surface area (Å²) in [6.45, 7) is 6.71. The molecular formula is C24H39N3O4. The van der Waals surface area contributed by atoms with Gasteiger partial charge in [0.2, 0.25) is 5.91 Å². The maximum Gasteiger partial charge on any atom is 0.218 e. The van der Waals surface area contributed by atoms with Gasteiger partial charge in [0.15, 0.2) is 0 Å². The van der Waals surface area contributed by atoms with Gasteiger partial charge in [-0.15, -0.1) is 0 Å². The summed E-state index contributed by atoms with van der Waals surface area (Å²) in [6.07, 6.45) is 5.92. The molecule has 1 amide bonds. The lowest BCUT2D eigenvalue weighted by atomic mass is 9.43. The Hall–Kier alpha value is -1.14. The van der Waals surface area contributed by atoms with Crippen molar-refractivity contribution in [1.29, 1.82) is 0 Å². The van der Waals surface area contributed by atoms with Crippen LogP contribution in [0.3, 0.4) is 0 Å². The van der Waals surface area contributed by atoms with Crippen molar-refractivity contribution in [2.24, 2.45) is 51.5 Å². The van der Waals surface area contributed by atoms with Gasteiger partial charge in [-0.05, 0) is 108 Å². The number of rotatable bonds is 4. The van der Waals surface area contributed by atoms with Gasteiger partial charge >= 0.3 is 0 Å². The summed E-state index contributed by atoms with van der Waals surface area (Å²) in [4.78, 5) is 14.3. The Morgan fingerprint density at radius 1 is 1.13 bits per heavy atom. The minimum absolute atomic E-state index is 0.0802. The number of azide groups is 1. The molecule has 4 fully saturated rings. The van der Waals surface area contributed by atoms with Crippen LogP contribution < -0.4 is 0 Å². The Morgan fingerprint density at radius 2 is 1.87 bits per heavy atom. The molecule has 31 heavy (non-hydrogen) atoms. The summed E-state index contributed by atoms with van der Waals surface area (Å²) in [7, 11) is 0. The molecule has 0 heterocycles. The molecule has 0 spiro atoms. The van der Waals surface area contributed by atoms with Gasteiger partial charge in [0.1, 0.15) is 0 Å². The van der Waals surface area contributed by atoms with E-state index < -0.39 is 12.0 Å². The van der Waals surface area contributed by atoms with E-state index in [1.807, 2.05) is 0 Å². The van der Waals surface area contributed by atoms with Crippen LogP contribution in [0.2, 0.25) is 0 Å². The lowest BCUT2D eigenvalue weighted by molar-refractivity contribution is -0.207. The number of hydrogen-bond acceptors (Lipinski definition) is 4. The first kappa shape index (κ1) is 23.0. The largest absolute Gasteiger partial charge is 0.393 e. The third-order valence-corrected chi connectivity index (χ3v) is 10.5. The first-order chi connectivity index (χ1) is 14.6. The first-order valence-corrected chi connectivity index (χ1v) is 12.2. The highest BCUT2D eigenvalue weighted by molar-refractivity contribution is 5.76. The van der Waals surface area contributed by atoms with E-state index in [0.717, 1.165) is 44.9 Å². The fraction of sp³-hybridized carbons (Fsp3) is 0.958. The minimum Gasteiger partial charge on any atom is -0.393 e. The van der Waals surface area contributed by atoms with Gasteiger partial charge in [-0.25, -0.2) is 0 Å². The predicted molar refractivity (Wildman–Crippen MR) is 117 cm³/mol.